The Hall–Kier alpha value is -1.97. The van der Waals surface area contributed by atoms with Gasteiger partial charge in [-0.15, -0.1) is 0 Å². The largest absolute Gasteiger partial charge is 0.507 e. The number of hydrogen-bond acceptors (Lipinski definition) is 6. The highest BCUT2D eigenvalue weighted by atomic mass is 35.5. The molecule has 11 heteroatoms. The smallest absolute Gasteiger partial charge is 0.411 e. The van der Waals surface area contributed by atoms with Gasteiger partial charge >= 0.3 is 6.18 Å². The van der Waals surface area contributed by atoms with E-state index in [2.05, 4.69) is 31.6 Å². The quantitative estimate of drug-likeness (QED) is 0.743. The maximum atomic E-state index is 12.2. The summed E-state index contributed by atoms with van der Waals surface area (Å²) >= 11 is 12.0. The lowest BCUT2D eigenvalue weighted by atomic mass is 10.1. The van der Waals surface area contributed by atoms with Gasteiger partial charge < -0.3 is 15.2 Å². The summed E-state index contributed by atoms with van der Waals surface area (Å²) in [5.41, 5.74) is 0.539. The predicted molar refractivity (Wildman–Crippen MR) is 85.5 cm³/mol. The molecule has 0 aliphatic heterocycles. The molecule has 25 heavy (non-hydrogen) atoms. The van der Waals surface area contributed by atoms with E-state index < -0.39 is 25.1 Å². The zero-order valence-corrected chi connectivity index (χ0v) is 14.3. The van der Waals surface area contributed by atoms with E-state index in [1.54, 1.807) is 6.92 Å². The van der Waals surface area contributed by atoms with Crippen LogP contribution in [0.2, 0.25) is 10.0 Å². The van der Waals surface area contributed by atoms with Gasteiger partial charge in [0.05, 0.1) is 22.2 Å². The van der Waals surface area contributed by atoms with Crippen LogP contribution in [0.15, 0.2) is 17.3 Å². The van der Waals surface area contributed by atoms with Gasteiger partial charge in [0.2, 0.25) is 0 Å². The third-order valence-electron chi connectivity index (χ3n) is 3.04. The van der Waals surface area contributed by atoms with E-state index >= 15 is 0 Å². The highest BCUT2D eigenvalue weighted by Crippen LogP contribution is 2.39. The van der Waals surface area contributed by atoms with Crippen molar-refractivity contribution in [1.82, 2.24) is 10.3 Å². The second-order valence-corrected chi connectivity index (χ2v) is 5.77. The lowest BCUT2D eigenvalue weighted by Gasteiger charge is -2.16. The number of phenolic OH excluding ortho intramolecular Hbond substituents is 1. The van der Waals surface area contributed by atoms with E-state index in [9.17, 15) is 18.3 Å². The van der Waals surface area contributed by atoms with Crippen molar-refractivity contribution >= 4 is 34.7 Å². The van der Waals surface area contributed by atoms with Crippen LogP contribution in [0.25, 0.3) is 5.70 Å². The number of aromatic nitrogens is 2. The van der Waals surface area contributed by atoms with Crippen LogP contribution in [-0.4, -0.2) is 28.2 Å². The maximum Gasteiger partial charge on any atom is 0.411 e. The first-order valence-corrected chi connectivity index (χ1v) is 7.45. The summed E-state index contributed by atoms with van der Waals surface area (Å²) in [4.78, 5) is 0. The van der Waals surface area contributed by atoms with E-state index in [4.69, 9.17) is 23.2 Å². The lowest BCUT2D eigenvalue weighted by molar-refractivity contribution is -0.176. The van der Waals surface area contributed by atoms with Crippen molar-refractivity contribution in [3.63, 3.8) is 0 Å². The first kappa shape index (κ1) is 19.4. The Labute approximate surface area is 150 Å². The Balaban J connectivity index is 2.27. The van der Waals surface area contributed by atoms with E-state index in [1.165, 1.54) is 6.07 Å². The van der Waals surface area contributed by atoms with Crippen LogP contribution in [-0.2, 0) is 11.3 Å². The van der Waals surface area contributed by atoms with Crippen molar-refractivity contribution in [2.24, 2.45) is 0 Å². The number of rotatable bonds is 6. The van der Waals surface area contributed by atoms with E-state index in [1.807, 2.05) is 0 Å². The van der Waals surface area contributed by atoms with Crippen LogP contribution in [0.4, 0.5) is 19.0 Å². The molecule has 1 aromatic heterocycles. The summed E-state index contributed by atoms with van der Waals surface area (Å²) < 4.78 is 45.6. The van der Waals surface area contributed by atoms with Crippen LogP contribution < -0.4 is 5.32 Å². The molecule has 136 valence electrons. The van der Waals surface area contributed by atoms with Gasteiger partial charge in [-0.2, -0.15) is 13.2 Å². The number of alkyl halides is 3. The predicted octanol–water partition coefficient (Wildman–Crippen LogP) is 4.55. The standard InChI is InChI=1S/C14H12Cl2F3N3O3/c1-6(20-13-7(2)21-25-22-13)11-10(16)3-9(15)8(12(11)23)4-24-5-14(17,18)19/h3,23H,1,4-5H2,2H3,(H,20,22). The molecule has 0 saturated heterocycles. The second-order valence-electron chi connectivity index (χ2n) is 4.95. The van der Waals surface area contributed by atoms with Gasteiger partial charge in [0.25, 0.3) is 0 Å². The molecule has 0 saturated carbocycles. The van der Waals surface area contributed by atoms with Crippen LogP contribution in [0.5, 0.6) is 5.75 Å². The number of hydrogen-bond donors (Lipinski definition) is 2. The first-order chi connectivity index (χ1) is 11.6. The molecule has 0 aliphatic carbocycles. The summed E-state index contributed by atoms with van der Waals surface area (Å²) in [6.07, 6.45) is -4.50. The zero-order valence-electron chi connectivity index (χ0n) is 12.7. The van der Waals surface area contributed by atoms with Crippen LogP contribution in [0, 0.1) is 6.92 Å². The van der Waals surface area contributed by atoms with Crippen molar-refractivity contribution in [1.29, 1.82) is 0 Å². The summed E-state index contributed by atoms with van der Waals surface area (Å²) in [6.45, 7) is 3.30. The minimum atomic E-state index is -4.50. The van der Waals surface area contributed by atoms with Gasteiger partial charge in [0, 0.05) is 11.3 Å². The Morgan fingerprint density at radius 2 is 2.04 bits per heavy atom. The van der Waals surface area contributed by atoms with Gasteiger partial charge in [0.1, 0.15) is 18.1 Å². The monoisotopic (exact) mass is 397 g/mol. The molecule has 0 atom stereocenters. The molecule has 0 aliphatic rings. The van der Waals surface area contributed by atoms with Gasteiger partial charge in [-0.05, 0) is 18.1 Å². The fraction of sp³-hybridized carbons (Fsp3) is 0.286. The average molecular weight is 398 g/mol. The maximum absolute atomic E-state index is 12.2. The Kier molecular flexibility index (Phi) is 5.81. The molecule has 0 unspecified atom stereocenters. The van der Waals surface area contributed by atoms with Crippen molar-refractivity contribution < 1.29 is 27.6 Å². The normalized spacial score (nSPS) is 11.6. The fourth-order valence-electron chi connectivity index (χ4n) is 1.89. The summed E-state index contributed by atoms with van der Waals surface area (Å²) in [5, 5.41) is 20.3. The molecule has 6 nitrogen and oxygen atoms in total. The van der Waals surface area contributed by atoms with Crippen LogP contribution in [0.3, 0.4) is 0 Å². The van der Waals surface area contributed by atoms with Crippen molar-refractivity contribution in [3.8, 4) is 5.75 Å². The third-order valence-corrected chi connectivity index (χ3v) is 3.67. The van der Waals surface area contributed by atoms with Gasteiger partial charge in [-0.1, -0.05) is 34.9 Å². The van der Waals surface area contributed by atoms with Crippen LogP contribution >= 0.6 is 23.2 Å². The van der Waals surface area contributed by atoms with E-state index in [0.29, 0.717) is 5.69 Å². The molecular formula is C14H12Cl2F3N3O3. The molecule has 2 aromatic rings. The molecule has 0 amide bonds. The zero-order chi connectivity index (χ0) is 18.8. The van der Waals surface area contributed by atoms with Gasteiger partial charge in [0.15, 0.2) is 5.82 Å². The molecule has 2 N–H and O–H groups in total. The number of nitrogens with zero attached hydrogens (tertiary/aromatic N) is 2. The Morgan fingerprint density at radius 3 is 2.60 bits per heavy atom. The topological polar surface area (TPSA) is 80.4 Å². The molecule has 0 bridgehead atoms. The minimum Gasteiger partial charge on any atom is -0.507 e. The van der Waals surface area contributed by atoms with Crippen molar-refractivity contribution in [3.05, 3.63) is 39.5 Å². The first-order valence-electron chi connectivity index (χ1n) is 6.70. The molecule has 0 spiro atoms. The number of nitrogens with one attached hydrogen (secondary N) is 1. The average Bonchev–Trinajstić information content (AvgIpc) is 2.86. The van der Waals surface area contributed by atoms with Gasteiger partial charge in [-0.3, -0.25) is 0 Å². The van der Waals surface area contributed by atoms with Crippen LogP contribution in [0.1, 0.15) is 16.8 Å². The number of aryl methyl sites for hydroxylation is 1. The Morgan fingerprint density at radius 1 is 1.36 bits per heavy atom. The number of aromatic hydroxyl groups is 1. The minimum absolute atomic E-state index is 0.0358. The molecule has 1 heterocycles. The Bertz CT molecular complexity index is 794. The number of phenols is 1. The molecule has 2 rings (SSSR count). The summed E-state index contributed by atoms with van der Waals surface area (Å²) in [5.74, 6) is -0.212. The molecule has 1 aromatic carbocycles. The van der Waals surface area contributed by atoms with Gasteiger partial charge in [-0.25, -0.2) is 4.63 Å². The van der Waals surface area contributed by atoms with E-state index in [-0.39, 0.29) is 32.7 Å². The lowest BCUT2D eigenvalue weighted by Crippen LogP contribution is -2.17. The molecule has 0 radical (unpaired) electrons. The summed E-state index contributed by atoms with van der Waals surface area (Å²) in [7, 11) is 0. The fourth-order valence-corrected chi connectivity index (χ4v) is 2.51. The number of ether oxygens (including phenoxy) is 1. The number of anilines is 1. The molecular weight excluding hydrogens is 386 g/mol. The summed E-state index contributed by atoms with van der Waals surface area (Å²) in [6, 6.07) is 1.27. The number of benzene rings is 1. The SMILES string of the molecule is C=C(Nc1nonc1C)c1c(Cl)cc(Cl)c(COCC(F)(F)F)c1O. The highest BCUT2D eigenvalue weighted by Gasteiger charge is 2.28. The highest BCUT2D eigenvalue weighted by molar-refractivity contribution is 6.36. The van der Waals surface area contributed by atoms with Crippen molar-refractivity contribution in [2.45, 2.75) is 19.7 Å². The number of halogens is 5. The van der Waals surface area contributed by atoms with Crippen molar-refractivity contribution in [2.75, 3.05) is 11.9 Å². The molecule has 0 fully saturated rings. The second kappa shape index (κ2) is 7.51. The third kappa shape index (κ3) is 4.77. The van der Waals surface area contributed by atoms with E-state index in [0.717, 1.165) is 0 Å².